The van der Waals surface area contributed by atoms with Crippen molar-refractivity contribution in [1.29, 1.82) is 0 Å². The Bertz CT molecular complexity index is 820. The maximum absolute atomic E-state index is 10.7. The standard InChI is InChI=1S/C21H30N2O3S2.C3H8.C3H6/c1-20(2)8-16(21(3,4)23(20)25)9-22-10-17(24)19-6-13-5-14-11-27-28-12-15(14)7-18(13)26-19;2*1-3-2/h5,7-8,17,19,22,24-25H,6,9-12H2,1-4H3;3H2,1-2H3;3H,1H2,2H3. The molecule has 192 valence electrons. The van der Waals surface area contributed by atoms with E-state index in [4.69, 9.17) is 4.74 Å². The number of ether oxygens (including phenoxy) is 1. The van der Waals surface area contributed by atoms with E-state index in [-0.39, 0.29) is 11.6 Å². The summed E-state index contributed by atoms with van der Waals surface area (Å²) in [5.74, 6) is 3.01. The van der Waals surface area contributed by atoms with Crippen molar-refractivity contribution >= 4 is 21.6 Å². The molecule has 2 atom stereocenters. The van der Waals surface area contributed by atoms with Crippen LogP contribution in [0.2, 0.25) is 0 Å². The number of fused-ring (bicyclic) bond motifs is 2. The third-order valence-electron chi connectivity index (χ3n) is 6.08. The number of benzene rings is 1. The Morgan fingerprint density at radius 1 is 1.18 bits per heavy atom. The Balaban J connectivity index is 0.000000618. The normalized spacial score (nSPS) is 22.6. The lowest BCUT2D eigenvalue weighted by Crippen LogP contribution is -2.49. The van der Waals surface area contributed by atoms with Gasteiger partial charge in [0.15, 0.2) is 0 Å². The van der Waals surface area contributed by atoms with Crippen LogP contribution in [0.25, 0.3) is 0 Å². The monoisotopic (exact) mass is 508 g/mol. The van der Waals surface area contributed by atoms with E-state index in [0.29, 0.717) is 13.1 Å². The fourth-order valence-electron chi connectivity index (χ4n) is 4.38. The molecule has 4 rings (SSSR count). The molecule has 0 spiro atoms. The zero-order valence-corrected chi connectivity index (χ0v) is 23.6. The van der Waals surface area contributed by atoms with E-state index in [0.717, 1.165) is 29.2 Å². The summed E-state index contributed by atoms with van der Waals surface area (Å²) in [5, 5.41) is 25.8. The van der Waals surface area contributed by atoms with Crippen LogP contribution in [-0.4, -0.2) is 51.8 Å². The van der Waals surface area contributed by atoms with Crippen molar-refractivity contribution in [1.82, 2.24) is 10.4 Å². The molecule has 0 amide bonds. The minimum atomic E-state index is -0.573. The van der Waals surface area contributed by atoms with Gasteiger partial charge in [-0.1, -0.05) is 60.1 Å². The smallest absolute Gasteiger partial charge is 0.130 e. The number of hydrogen-bond donors (Lipinski definition) is 3. The Morgan fingerprint density at radius 2 is 1.74 bits per heavy atom. The molecule has 0 radical (unpaired) electrons. The van der Waals surface area contributed by atoms with Crippen LogP contribution < -0.4 is 10.1 Å². The molecule has 3 aliphatic heterocycles. The van der Waals surface area contributed by atoms with Crippen LogP contribution in [0.15, 0.2) is 36.4 Å². The highest BCUT2D eigenvalue weighted by Gasteiger charge is 2.44. The number of nitrogens with zero attached hydrogens (tertiary/aromatic N) is 1. The molecule has 1 aromatic carbocycles. The minimum absolute atomic E-state index is 0.206. The summed E-state index contributed by atoms with van der Waals surface area (Å²) in [6, 6.07) is 4.43. The van der Waals surface area contributed by atoms with E-state index in [1.54, 1.807) is 6.08 Å². The van der Waals surface area contributed by atoms with Crippen molar-refractivity contribution in [3.63, 3.8) is 0 Å². The van der Waals surface area contributed by atoms with Gasteiger partial charge in [-0.15, -0.1) is 6.58 Å². The van der Waals surface area contributed by atoms with Crippen LogP contribution in [0.5, 0.6) is 5.75 Å². The fraction of sp³-hybridized carbons (Fsp3) is 0.630. The Morgan fingerprint density at radius 3 is 2.26 bits per heavy atom. The molecule has 0 fully saturated rings. The Kier molecular flexibility index (Phi) is 11.1. The second kappa shape index (κ2) is 12.8. The Labute approximate surface area is 214 Å². The van der Waals surface area contributed by atoms with Gasteiger partial charge >= 0.3 is 0 Å². The van der Waals surface area contributed by atoms with Gasteiger partial charge in [0.25, 0.3) is 0 Å². The fourth-order valence-corrected chi connectivity index (χ4v) is 6.60. The van der Waals surface area contributed by atoms with Gasteiger partial charge in [-0.25, -0.2) is 0 Å². The molecule has 3 N–H and O–H groups in total. The number of rotatable bonds is 5. The lowest BCUT2D eigenvalue weighted by molar-refractivity contribution is -0.185. The van der Waals surface area contributed by atoms with Gasteiger partial charge in [0.05, 0.1) is 11.1 Å². The minimum Gasteiger partial charge on any atom is -0.487 e. The van der Waals surface area contributed by atoms with E-state index in [1.165, 1.54) is 28.2 Å². The van der Waals surface area contributed by atoms with Gasteiger partial charge in [-0.2, -0.15) is 5.06 Å². The first-order valence-electron chi connectivity index (χ1n) is 12.2. The van der Waals surface area contributed by atoms with Crippen LogP contribution in [0, 0.1) is 0 Å². The molecule has 5 nitrogen and oxygen atoms in total. The summed E-state index contributed by atoms with van der Waals surface area (Å²) in [4.78, 5) is 0. The lowest BCUT2D eigenvalue weighted by atomic mass is 9.96. The molecular formula is C27H44N2O3S2. The second-order valence-electron chi connectivity index (χ2n) is 10.1. The average molecular weight is 509 g/mol. The second-order valence-corrected chi connectivity index (χ2v) is 12.6. The molecule has 1 aromatic rings. The summed E-state index contributed by atoms with van der Waals surface area (Å²) in [7, 11) is 3.79. The third-order valence-corrected chi connectivity index (χ3v) is 8.31. The predicted molar refractivity (Wildman–Crippen MR) is 148 cm³/mol. The molecule has 0 aliphatic carbocycles. The van der Waals surface area contributed by atoms with E-state index in [1.807, 2.05) is 56.2 Å². The third kappa shape index (κ3) is 7.05. The van der Waals surface area contributed by atoms with Crippen molar-refractivity contribution in [3.8, 4) is 5.75 Å². The van der Waals surface area contributed by atoms with Crippen LogP contribution in [-0.2, 0) is 17.9 Å². The van der Waals surface area contributed by atoms with Gasteiger partial charge in [0, 0.05) is 31.0 Å². The van der Waals surface area contributed by atoms with Crippen molar-refractivity contribution in [2.45, 2.75) is 96.1 Å². The van der Waals surface area contributed by atoms with Gasteiger partial charge in [0.1, 0.15) is 18.0 Å². The predicted octanol–water partition coefficient (Wildman–Crippen LogP) is 6.13. The molecule has 3 aliphatic rings. The largest absolute Gasteiger partial charge is 0.487 e. The molecule has 2 unspecified atom stereocenters. The quantitative estimate of drug-likeness (QED) is 0.326. The summed E-state index contributed by atoms with van der Waals surface area (Å²) in [5.41, 5.74) is 4.31. The average Bonchev–Trinajstić information content (AvgIpc) is 3.25. The van der Waals surface area contributed by atoms with Gasteiger partial charge in [-0.05, 0) is 62.9 Å². The van der Waals surface area contributed by atoms with E-state index in [9.17, 15) is 10.3 Å². The number of aliphatic hydroxyl groups excluding tert-OH is 1. The highest BCUT2D eigenvalue weighted by Crippen LogP contribution is 2.42. The molecule has 0 aromatic heterocycles. The van der Waals surface area contributed by atoms with Gasteiger partial charge in [0.2, 0.25) is 0 Å². The molecule has 0 saturated heterocycles. The Hall–Kier alpha value is -0.960. The first-order valence-corrected chi connectivity index (χ1v) is 14.7. The molecule has 3 heterocycles. The summed E-state index contributed by atoms with van der Waals surface area (Å²) < 4.78 is 6.08. The van der Waals surface area contributed by atoms with Crippen molar-refractivity contribution < 1.29 is 15.1 Å². The van der Waals surface area contributed by atoms with Crippen molar-refractivity contribution in [2.75, 3.05) is 13.1 Å². The number of aliphatic hydroxyl groups is 1. The van der Waals surface area contributed by atoms with Crippen LogP contribution in [0.1, 0.15) is 71.6 Å². The van der Waals surface area contributed by atoms with Crippen molar-refractivity contribution in [2.24, 2.45) is 0 Å². The maximum Gasteiger partial charge on any atom is 0.130 e. The molecule has 0 saturated carbocycles. The zero-order valence-electron chi connectivity index (χ0n) is 22.0. The topological polar surface area (TPSA) is 65.0 Å². The molecule has 7 heteroatoms. The van der Waals surface area contributed by atoms with Gasteiger partial charge in [-0.3, -0.25) is 0 Å². The molecule has 34 heavy (non-hydrogen) atoms. The van der Waals surface area contributed by atoms with E-state index >= 15 is 0 Å². The van der Waals surface area contributed by atoms with Crippen LogP contribution >= 0.6 is 21.6 Å². The molecule has 0 bridgehead atoms. The summed E-state index contributed by atoms with van der Waals surface area (Å²) >= 11 is 0. The van der Waals surface area contributed by atoms with Crippen LogP contribution in [0.4, 0.5) is 0 Å². The highest BCUT2D eigenvalue weighted by molar-refractivity contribution is 8.76. The maximum atomic E-state index is 10.7. The summed E-state index contributed by atoms with van der Waals surface area (Å²) in [6.45, 7) is 18.6. The van der Waals surface area contributed by atoms with E-state index < -0.39 is 11.6 Å². The molecular weight excluding hydrogens is 464 g/mol. The summed E-state index contributed by atoms with van der Waals surface area (Å²) in [6.07, 6.45) is 5.09. The number of allylic oxidation sites excluding steroid dienone is 1. The van der Waals surface area contributed by atoms with Crippen molar-refractivity contribution in [3.05, 3.63) is 53.1 Å². The first kappa shape index (κ1) is 29.3. The van der Waals surface area contributed by atoms with Gasteiger partial charge < -0.3 is 20.4 Å². The number of hydrogen-bond acceptors (Lipinski definition) is 7. The number of hydroxylamine groups is 2. The highest BCUT2D eigenvalue weighted by atomic mass is 33.1. The first-order chi connectivity index (χ1) is 16.0. The van der Waals surface area contributed by atoms with Crippen LogP contribution in [0.3, 0.4) is 0 Å². The number of nitrogens with one attached hydrogen (secondary N) is 1. The SMILES string of the molecule is C=CC.CC1(C)C=C(CNCC(O)C2Cc3cc4c(cc3O2)CSSC4)C(C)(C)N1O.CCC. The van der Waals surface area contributed by atoms with E-state index in [2.05, 4.69) is 44.0 Å². The zero-order chi connectivity index (χ0) is 25.5. The lowest BCUT2D eigenvalue weighted by Gasteiger charge is -2.36.